The van der Waals surface area contributed by atoms with Crippen LogP contribution in [0.5, 0.6) is 5.75 Å². The molecule has 9 heteroatoms. The van der Waals surface area contributed by atoms with E-state index in [0.29, 0.717) is 40.6 Å². The van der Waals surface area contributed by atoms with Gasteiger partial charge in [-0.2, -0.15) is 0 Å². The Hall–Kier alpha value is -2.58. The lowest BCUT2D eigenvalue weighted by Gasteiger charge is -2.32. The van der Waals surface area contributed by atoms with Crippen LogP contribution < -0.4 is 27.0 Å². The number of likely N-dealkylation sites (tertiary alicyclic amines) is 1. The van der Waals surface area contributed by atoms with Gasteiger partial charge < -0.3 is 15.0 Å². The van der Waals surface area contributed by atoms with E-state index >= 15 is 0 Å². The Morgan fingerprint density at radius 2 is 2.03 bits per heavy atom. The molecule has 1 saturated heterocycles. The molecule has 32 heavy (non-hydrogen) atoms. The molecule has 0 aliphatic carbocycles. The number of unbranched alkanes of at least 4 members (excludes halogenated alkanes) is 2. The topological polar surface area (TPSA) is 106 Å². The number of nitrogens with zero attached hydrogens (tertiary/aromatic N) is 3. The smallest absolute Gasteiger partial charge is 0.274 e. The first kappa shape index (κ1) is 22.6. The van der Waals surface area contributed by atoms with Gasteiger partial charge in [0.25, 0.3) is 5.56 Å². The molecule has 0 bridgehead atoms. The van der Waals surface area contributed by atoms with Crippen LogP contribution in [0.4, 0.5) is 5.69 Å². The Morgan fingerprint density at radius 3 is 2.78 bits per heavy atom. The molecule has 8 nitrogen and oxygen atoms in total. The van der Waals surface area contributed by atoms with Crippen molar-refractivity contribution in [1.82, 2.24) is 14.5 Å². The molecule has 3 N–H and O–H groups in total. The molecule has 1 atom stereocenters. The number of benzene rings is 1. The van der Waals surface area contributed by atoms with Crippen LogP contribution in [0, 0.1) is 0 Å². The maximum Gasteiger partial charge on any atom is 0.274 e. The number of halogens is 1. The number of hydrogen-bond donors (Lipinski definition) is 2. The first-order chi connectivity index (χ1) is 15.5. The van der Waals surface area contributed by atoms with Crippen LogP contribution in [-0.2, 0) is 11.3 Å². The van der Waals surface area contributed by atoms with Gasteiger partial charge in [-0.05, 0) is 51.3 Å². The highest BCUT2D eigenvalue weighted by Gasteiger charge is 2.24. The standard InChI is InChI=1S/C23H30ClN5O3/c1-15-22(31)27-23-26-19-16(14-29(15)23)9-10-17(24)20(19)32-13-7-2-4-8-18(21(25)30)28-11-5-3-6-12-28/h9-10,18H,1-8,11-14H2,(H2,25,30)(H,26,27,31). The molecule has 0 radical (unpaired) electrons. The second kappa shape index (κ2) is 9.92. The van der Waals surface area contributed by atoms with Gasteiger partial charge in [-0.25, -0.2) is 4.99 Å². The van der Waals surface area contributed by atoms with E-state index in [1.807, 2.05) is 6.07 Å². The van der Waals surface area contributed by atoms with Gasteiger partial charge in [-0.1, -0.05) is 37.1 Å². The van der Waals surface area contributed by atoms with Crippen molar-refractivity contribution in [2.45, 2.75) is 57.5 Å². The predicted molar refractivity (Wildman–Crippen MR) is 124 cm³/mol. The molecular weight excluding hydrogens is 430 g/mol. The van der Waals surface area contributed by atoms with Crippen molar-refractivity contribution in [3.05, 3.63) is 44.0 Å². The SMILES string of the molecule is C=c1c(=O)[nH]c2n1Cc1ccc(Cl)c(OCCCCCC(C(N)=O)N3CCCCC3)c1N=2. The lowest BCUT2D eigenvalue weighted by molar-refractivity contribution is -0.123. The molecule has 0 saturated carbocycles. The summed E-state index contributed by atoms with van der Waals surface area (Å²) < 4.78 is 7.76. The fourth-order valence-corrected chi connectivity index (χ4v) is 4.73. The van der Waals surface area contributed by atoms with E-state index in [1.165, 1.54) is 6.42 Å². The van der Waals surface area contributed by atoms with E-state index in [0.717, 1.165) is 57.2 Å². The van der Waals surface area contributed by atoms with Crippen molar-refractivity contribution in [3.8, 4) is 5.75 Å². The molecule has 1 aromatic carbocycles. The monoisotopic (exact) mass is 459 g/mol. The van der Waals surface area contributed by atoms with E-state index < -0.39 is 0 Å². The summed E-state index contributed by atoms with van der Waals surface area (Å²) in [6.45, 7) is 6.71. The van der Waals surface area contributed by atoms with Gasteiger partial charge in [0, 0.05) is 5.56 Å². The number of carbonyl (C=O) groups excluding carboxylic acids is 1. The summed E-state index contributed by atoms with van der Waals surface area (Å²) >= 11 is 6.39. The third kappa shape index (κ3) is 4.76. The van der Waals surface area contributed by atoms with E-state index in [-0.39, 0.29) is 17.5 Å². The van der Waals surface area contributed by atoms with Gasteiger partial charge in [-0.15, -0.1) is 0 Å². The average Bonchev–Trinajstić information content (AvgIpc) is 3.06. The summed E-state index contributed by atoms with van der Waals surface area (Å²) in [5.41, 5.74) is 7.44. The number of nitrogens with two attached hydrogens (primary N) is 1. The zero-order chi connectivity index (χ0) is 22.7. The highest BCUT2D eigenvalue weighted by Crippen LogP contribution is 2.39. The zero-order valence-corrected chi connectivity index (χ0v) is 19.0. The van der Waals surface area contributed by atoms with E-state index in [1.54, 1.807) is 10.6 Å². The number of aromatic nitrogens is 2. The van der Waals surface area contributed by atoms with Crippen LogP contribution in [0.3, 0.4) is 0 Å². The van der Waals surface area contributed by atoms with Crippen LogP contribution in [0.1, 0.15) is 50.5 Å². The van der Waals surface area contributed by atoms with Crippen LogP contribution in [0.15, 0.2) is 21.9 Å². The molecule has 1 aromatic heterocycles. The van der Waals surface area contributed by atoms with Crippen LogP contribution >= 0.6 is 11.6 Å². The highest BCUT2D eigenvalue weighted by molar-refractivity contribution is 6.32. The van der Waals surface area contributed by atoms with Crippen LogP contribution in [0.2, 0.25) is 5.02 Å². The molecule has 2 aromatic rings. The summed E-state index contributed by atoms with van der Waals surface area (Å²) in [7, 11) is 0. The Bertz CT molecular complexity index is 1150. The summed E-state index contributed by atoms with van der Waals surface area (Å²) in [6.07, 6.45) is 6.97. The summed E-state index contributed by atoms with van der Waals surface area (Å²) in [6, 6.07) is 3.52. The maximum absolute atomic E-state index is 11.9. The lowest BCUT2D eigenvalue weighted by atomic mass is 10.0. The van der Waals surface area contributed by atoms with Crippen molar-refractivity contribution in [1.29, 1.82) is 0 Å². The first-order valence-corrected chi connectivity index (χ1v) is 11.7. The Labute approximate surface area is 191 Å². The number of ether oxygens (including phenoxy) is 1. The average molecular weight is 460 g/mol. The molecule has 1 fully saturated rings. The molecule has 4 rings (SSSR count). The largest absolute Gasteiger partial charge is 0.490 e. The van der Waals surface area contributed by atoms with Gasteiger partial charge in [0.15, 0.2) is 5.75 Å². The second-order valence-electron chi connectivity index (χ2n) is 8.52. The predicted octanol–water partition coefficient (Wildman–Crippen LogP) is 1.83. The molecular formula is C23H30ClN5O3. The molecule has 2 aliphatic heterocycles. The Balaban J connectivity index is 1.33. The Kier molecular flexibility index (Phi) is 7.01. The zero-order valence-electron chi connectivity index (χ0n) is 18.2. The number of hydrogen-bond acceptors (Lipinski definition) is 5. The van der Waals surface area contributed by atoms with Crippen molar-refractivity contribution >= 4 is 29.8 Å². The third-order valence-electron chi connectivity index (χ3n) is 6.31. The molecule has 172 valence electrons. The van der Waals surface area contributed by atoms with Gasteiger partial charge in [0.05, 0.1) is 24.2 Å². The number of piperidine rings is 1. The van der Waals surface area contributed by atoms with Crippen LogP contribution in [-0.4, -0.2) is 46.1 Å². The van der Waals surface area contributed by atoms with Crippen molar-refractivity contribution in [2.24, 2.45) is 10.7 Å². The number of imidazole rings is 1. The minimum absolute atomic E-state index is 0.165. The van der Waals surface area contributed by atoms with E-state index in [9.17, 15) is 9.59 Å². The fourth-order valence-electron chi connectivity index (χ4n) is 4.53. The number of H-pyrrole nitrogens is 1. The quantitative estimate of drug-likeness (QED) is 0.476. The van der Waals surface area contributed by atoms with E-state index in [4.69, 9.17) is 22.1 Å². The molecule has 2 aliphatic rings. The number of carbonyl (C=O) groups is 1. The van der Waals surface area contributed by atoms with E-state index in [2.05, 4.69) is 21.5 Å². The number of aromatic amines is 1. The van der Waals surface area contributed by atoms with Crippen molar-refractivity contribution < 1.29 is 9.53 Å². The van der Waals surface area contributed by atoms with Gasteiger partial charge in [0.1, 0.15) is 11.0 Å². The molecule has 3 heterocycles. The number of primary amides is 1. The summed E-state index contributed by atoms with van der Waals surface area (Å²) in [5.74, 6) is 0.312. The number of rotatable bonds is 9. The summed E-state index contributed by atoms with van der Waals surface area (Å²) in [4.78, 5) is 33.3. The second-order valence-corrected chi connectivity index (χ2v) is 8.93. The van der Waals surface area contributed by atoms with Gasteiger partial charge in [0.2, 0.25) is 11.5 Å². The summed E-state index contributed by atoms with van der Waals surface area (Å²) in [5, 5.41) is 0.870. The fraction of sp³-hybridized carbons (Fsp3) is 0.522. The third-order valence-corrected chi connectivity index (χ3v) is 6.61. The lowest BCUT2D eigenvalue weighted by Crippen LogP contribution is -2.47. The number of amides is 1. The minimum Gasteiger partial charge on any atom is -0.490 e. The van der Waals surface area contributed by atoms with Crippen molar-refractivity contribution in [3.63, 3.8) is 0 Å². The van der Waals surface area contributed by atoms with Gasteiger partial charge in [-0.3, -0.25) is 19.5 Å². The molecule has 1 amide bonds. The van der Waals surface area contributed by atoms with Crippen LogP contribution in [0.25, 0.3) is 6.58 Å². The number of nitrogens with one attached hydrogen (secondary N) is 1. The highest BCUT2D eigenvalue weighted by atomic mass is 35.5. The first-order valence-electron chi connectivity index (χ1n) is 11.3. The van der Waals surface area contributed by atoms with Crippen molar-refractivity contribution in [2.75, 3.05) is 19.7 Å². The normalized spacial score (nSPS) is 16.7. The maximum atomic E-state index is 11.9. The van der Waals surface area contributed by atoms with Gasteiger partial charge >= 0.3 is 0 Å². The number of fused-ring (bicyclic) bond motifs is 2. The molecule has 0 spiro atoms. The Morgan fingerprint density at radius 1 is 1.25 bits per heavy atom. The minimum atomic E-state index is -0.246. The molecule has 1 unspecified atom stereocenters.